The van der Waals surface area contributed by atoms with Crippen molar-refractivity contribution < 1.29 is 14.9 Å². The number of thioether (sulfide) groups is 1. The van der Waals surface area contributed by atoms with Gasteiger partial charge < -0.3 is 14.9 Å². The lowest BCUT2D eigenvalue weighted by atomic mass is 9.98. The Morgan fingerprint density at radius 3 is 2.90 bits per heavy atom. The van der Waals surface area contributed by atoms with Crippen molar-refractivity contribution >= 4 is 11.8 Å². The smallest absolute Gasteiger partial charge is 0.330 e. The van der Waals surface area contributed by atoms with Crippen molar-refractivity contribution in [1.82, 2.24) is 9.55 Å². The van der Waals surface area contributed by atoms with Gasteiger partial charge in [0.25, 0.3) is 5.56 Å². The zero-order chi connectivity index (χ0) is 14.9. The van der Waals surface area contributed by atoms with E-state index in [-0.39, 0.29) is 13.0 Å². The molecule has 8 heteroatoms. The first-order chi connectivity index (χ1) is 9.41. The lowest BCUT2D eigenvalue weighted by Crippen LogP contribution is -2.42. The van der Waals surface area contributed by atoms with Gasteiger partial charge in [0.2, 0.25) is 0 Å². The molecule has 0 aliphatic carbocycles. The molecule has 1 aromatic heterocycles. The van der Waals surface area contributed by atoms with Gasteiger partial charge in [-0.2, -0.15) is 11.8 Å². The first kappa shape index (κ1) is 15.3. The Kier molecular flexibility index (Phi) is 4.38. The predicted molar refractivity (Wildman–Crippen MR) is 75.0 cm³/mol. The highest BCUT2D eigenvalue weighted by molar-refractivity contribution is 7.98. The molecule has 0 bridgehead atoms. The second-order valence-corrected chi connectivity index (χ2v) is 5.85. The fourth-order valence-corrected chi connectivity index (χ4v) is 3.18. The van der Waals surface area contributed by atoms with Crippen molar-refractivity contribution in [1.29, 1.82) is 0 Å². The van der Waals surface area contributed by atoms with Gasteiger partial charge in [-0.15, -0.1) is 0 Å². The van der Waals surface area contributed by atoms with Crippen LogP contribution in [0.4, 0.5) is 0 Å². The predicted octanol–water partition coefficient (Wildman–Crippen LogP) is -0.781. The number of H-pyrrole nitrogens is 1. The molecule has 2 rings (SSSR count). The molecular formula is C12H18N2O5S. The lowest BCUT2D eigenvalue weighted by molar-refractivity contribution is -0.0735. The van der Waals surface area contributed by atoms with Crippen LogP contribution in [0.3, 0.4) is 0 Å². The third kappa shape index (κ3) is 2.69. The molecule has 0 aromatic carbocycles. The van der Waals surface area contributed by atoms with E-state index in [0.29, 0.717) is 11.3 Å². The highest BCUT2D eigenvalue weighted by Crippen LogP contribution is 2.37. The molecule has 0 amide bonds. The van der Waals surface area contributed by atoms with Crippen molar-refractivity contribution in [2.45, 2.75) is 31.3 Å². The van der Waals surface area contributed by atoms with E-state index < -0.39 is 29.2 Å². The molecule has 1 aliphatic heterocycles. The molecule has 1 fully saturated rings. The van der Waals surface area contributed by atoms with Crippen LogP contribution in [0.2, 0.25) is 0 Å². The van der Waals surface area contributed by atoms with Crippen LogP contribution in [0, 0.1) is 6.92 Å². The van der Waals surface area contributed by atoms with E-state index in [2.05, 4.69) is 4.98 Å². The van der Waals surface area contributed by atoms with Crippen LogP contribution < -0.4 is 11.2 Å². The number of aliphatic hydroxyl groups is 2. The SMILES string of the molecule is CSC[C@]1(O)C[C@H](n2cc(C)c(=O)[nH]c2=O)O[C@@H]1CO. The Hall–Kier alpha value is -1.09. The molecule has 1 aliphatic rings. The summed E-state index contributed by atoms with van der Waals surface area (Å²) >= 11 is 1.44. The average Bonchev–Trinajstić information content (AvgIpc) is 2.71. The molecule has 7 nitrogen and oxygen atoms in total. The van der Waals surface area contributed by atoms with Crippen LogP contribution in [0.5, 0.6) is 0 Å². The normalized spacial score (nSPS) is 29.8. The molecule has 0 saturated carbocycles. The highest BCUT2D eigenvalue weighted by atomic mass is 32.2. The lowest BCUT2D eigenvalue weighted by Gasteiger charge is -2.25. The van der Waals surface area contributed by atoms with Crippen molar-refractivity contribution in [2.24, 2.45) is 0 Å². The monoisotopic (exact) mass is 302 g/mol. The molecule has 3 atom stereocenters. The van der Waals surface area contributed by atoms with Crippen LogP contribution in [0.25, 0.3) is 0 Å². The minimum absolute atomic E-state index is 0.185. The number of nitrogens with zero attached hydrogens (tertiary/aromatic N) is 1. The summed E-state index contributed by atoms with van der Waals surface area (Å²) in [5, 5.41) is 19.8. The van der Waals surface area contributed by atoms with E-state index in [1.807, 2.05) is 6.26 Å². The zero-order valence-electron chi connectivity index (χ0n) is 11.3. The summed E-state index contributed by atoms with van der Waals surface area (Å²) in [6.45, 7) is 1.26. The number of nitrogens with one attached hydrogen (secondary N) is 1. The topological polar surface area (TPSA) is 105 Å². The fourth-order valence-electron chi connectivity index (χ4n) is 2.38. The minimum Gasteiger partial charge on any atom is -0.394 e. The van der Waals surface area contributed by atoms with E-state index in [4.69, 9.17) is 4.74 Å². The first-order valence-electron chi connectivity index (χ1n) is 6.21. The number of aromatic amines is 1. The highest BCUT2D eigenvalue weighted by Gasteiger charge is 2.47. The van der Waals surface area contributed by atoms with Crippen LogP contribution >= 0.6 is 11.8 Å². The Morgan fingerprint density at radius 1 is 1.60 bits per heavy atom. The number of rotatable bonds is 4. The molecule has 0 radical (unpaired) electrons. The van der Waals surface area contributed by atoms with E-state index in [9.17, 15) is 19.8 Å². The van der Waals surface area contributed by atoms with Crippen LogP contribution in [0.15, 0.2) is 15.8 Å². The van der Waals surface area contributed by atoms with E-state index in [1.54, 1.807) is 6.92 Å². The van der Waals surface area contributed by atoms with Crippen molar-refractivity contribution in [3.63, 3.8) is 0 Å². The van der Waals surface area contributed by atoms with Gasteiger partial charge in [-0.1, -0.05) is 0 Å². The van der Waals surface area contributed by atoms with Gasteiger partial charge in [0.1, 0.15) is 17.9 Å². The van der Waals surface area contributed by atoms with Crippen molar-refractivity contribution in [3.8, 4) is 0 Å². The molecule has 1 saturated heterocycles. The van der Waals surface area contributed by atoms with Crippen LogP contribution in [-0.4, -0.2) is 50.1 Å². The zero-order valence-corrected chi connectivity index (χ0v) is 12.1. The van der Waals surface area contributed by atoms with Gasteiger partial charge in [0.15, 0.2) is 0 Å². The summed E-state index contributed by atoms with van der Waals surface area (Å²) in [6.07, 6.45) is 1.98. The maximum absolute atomic E-state index is 11.8. The molecule has 20 heavy (non-hydrogen) atoms. The molecule has 0 unspecified atom stereocenters. The summed E-state index contributed by atoms with van der Waals surface area (Å²) in [7, 11) is 0. The Morgan fingerprint density at radius 2 is 2.30 bits per heavy atom. The maximum atomic E-state index is 11.8. The van der Waals surface area contributed by atoms with Crippen LogP contribution in [0.1, 0.15) is 18.2 Å². The quantitative estimate of drug-likeness (QED) is 0.674. The molecular weight excluding hydrogens is 284 g/mol. The number of hydrogen-bond donors (Lipinski definition) is 3. The number of aromatic nitrogens is 2. The van der Waals surface area contributed by atoms with Gasteiger partial charge in [0.05, 0.1) is 6.61 Å². The summed E-state index contributed by atoms with van der Waals surface area (Å²) < 4.78 is 6.82. The standard InChI is InChI=1S/C12H18N2O5S/c1-7-4-14(11(17)13-10(7)16)9-3-12(18,6-20-2)8(5-15)19-9/h4,8-9,15,18H,3,5-6H2,1-2H3,(H,13,16,17)/t8-,9-,12-/m1/s1. The van der Waals surface area contributed by atoms with E-state index in [0.717, 1.165) is 0 Å². The molecule has 1 aromatic rings. The number of aliphatic hydroxyl groups excluding tert-OH is 1. The van der Waals surface area contributed by atoms with Gasteiger partial charge in [-0.05, 0) is 13.2 Å². The second kappa shape index (κ2) is 5.72. The molecule has 3 N–H and O–H groups in total. The summed E-state index contributed by atoms with van der Waals surface area (Å²) in [5.41, 5.74) is -1.84. The average molecular weight is 302 g/mol. The third-order valence-corrected chi connectivity index (χ3v) is 4.25. The first-order valence-corrected chi connectivity index (χ1v) is 7.60. The molecule has 112 valence electrons. The van der Waals surface area contributed by atoms with Crippen molar-refractivity contribution in [3.05, 3.63) is 32.6 Å². The maximum Gasteiger partial charge on any atom is 0.330 e. The van der Waals surface area contributed by atoms with Gasteiger partial charge in [0, 0.05) is 23.9 Å². The molecule has 0 spiro atoms. The Bertz CT molecular complexity index is 598. The van der Waals surface area contributed by atoms with Gasteiger partial charge in [-0.3, -0.25) is 14.3 Å². The third-order valence-electron chi connectivity index (χ3n) is 3.47. The van der Waals surface area contributed by atoms with E-state index in [1.165, 1.54) is 22.5 Å². The van der Waals surface area contributed by atoms with Crippen molar-refractivity contribution in [2.75, 3.05) is 18.6 Å². The Labute approximate surface area is 119 Å². The number of ether oxygens (including phenoxy) is 1. The van der Waals surface area contributed by atoms with E-state index >= 15 is 0 Å². The number of hydrogen-bond acceptors (Lipinski definition) is 6. The fraction of sp³-hybridized carbons (Fsp3) is 0.667. The largest absolute Gasteiger partial charge is 0.394 e. The summed E-state index contributed by atoms with van der Waals surface area (Å²) in [6, 6.07) is 0. The Balaban J connectivity index is 2.34. The number of aryl methyl sites for hydroxylation is 1. The molecule has 2 heterocycles. The summed E-state index contributed by atoms with van der Waals surface area (Å²) in [4.78, 5) is 25.4. The minimum atomic E-state index is -1.19. The summed E-state index contributed by atoms with van der Waals surface area (Å²) in [5.74, 6) is 0.395. The van der Waals surface area contributed by atoms with Gasteiger partial charge >= 0.3 is 5.69 Å². The van der Waals surface area contributed by atoms with Crippen LogP contribution in [-0.2, 0) is 4.74 Å². The second-order valence-electron chi connectivity index (χ2n) is 4.98. The van der Waals surface area contributed by atoms with Gasteiger partial charge in [-0.25, -0.2) is 4.79 Å².